The number of nitrogens with zero attached hydrogens (tertiary/aromatic N) is 2. The quantitative estimate of drug-likeness (QED) is 0.486. The summed E-state index contributed by atoms with van der Waals surface area (Å²) in [5.41, 5.74) is 5.64. The van der Waals surface area contributed by atoms with Crippen molar-refractivity contribution in [1.29, 1.82) is 0 Å². The summed E-state index contributed by atoms with van der Waals surface area (Å²) in [6.07, 6.45) is 8.77. The lowest BCUT2D eigenvalue weighted by Crippen LogP contribution is -2.57. The highest BCUT2D eigenvalue weighted by atomic mass is 35.5. The molecule has 0 atom stereocenters. The number of piperidine rings is 1. The predicted molar refractivity (Wildman–Crippen MR) is 149 cm³/mol. The fraction of sp³-hybridized carbons (Fsp3) is 0.367. The minimum atomic E-state index is -0.204. The maximum atomic E-state index is 12.9. The first-order chi connectivity index (χ1) is 19.0. The van der Waals surface area contributed by atoms with Crippen LogP contribution in [0.4, 0.5) is 0 Å². The molecule has 9 heteroatoms. The number of aromatic amines is 1. The lowest BCUT2D eigenvalue weighted by atomic mass is 9.87. The van der Waals surface area contributed by atoms with E-state index in [2.05, 4.69) is 44.5 Å². The third-order valence-electron chi connectivity index (χ3n) is 7.90. The Bertz CT molecular complexity index is 1450. The van der Waals surface area contributed by atoms with Gasteiger partial charge in [-0.15, -0.1) is 0 Å². The Kier molecular flexibility index (Phi) is 7.25. The Hall–Kier alpha value is -3.46. The van der Waals surface area contributed by atoms with Gasteiger partial charge in [-0.2, -0.15) is 0 Å². The number of hydrogen-bond donors (Lipinski definition) is 2. The molecule has 2 aromatic heterocycles. The highest BCUT2D eigenvalue weighted by Crippen LogP contribution is 2.34. The molecule has 1 aromatic carbocycles. The largest absolute Gasteiger partial charge is 0.486 e. The number of allylic oxidation sites excluding steroid dienone is 1. The normalized spacial score (nSPS) is 18.8. The van der Waals surface area contributed by atoms with Gasteiger partial charge in [-0.25, -0.2) is 0 Å². The van der Waals surface area contributed by atoms with E-state index in [1.807, 2.05) is 6.07 Å². The summed E-state index contributed by atoms with van der Waals surface area (Å²) in [5, 5.41) is 3.52. The summed E-state index contributed by atoms with van der Waals surface area (Å²) in [5.74, 6) is 0.524. The van der Waals surface area contributed by atoms with Crippen molar-refractivity contribution >= 4 is 29.2 Å². The van der Waals surface area contributed by atoms with Crippen molar-refractivity contribution in [2.75, 3.05) is 26.2 Å². The van der Waals surface area contributed by atoms with Crippen LogP contribution < -0.4 is 15.6 Å². The Morgan fingerprint density at radius 2 is 1.97 bits per heavy atom. The van der Waals surface area contributed by atoms with Crippen molar-refractivity contribution < 1.29 is 14.3 Å². The van der Waals surface area contributed by atoms with Crippen LogP contribution in [0.15, 0.2) is 53.6 Å². The van der Waals surface area contributed by atoms with Gasteiger partial charge in [0.1, 0.15) is 19.0 Å². The highest BCUT2D eigenvalue weighted by molar-refractivity contribution is 6.30. The molecule has 39 heavy (non-hydrogen) atoms. The van der Waals surface area contributed by atoms with Gasteiger partial charge in [-0.05, 0) is 66.1 Å². The number of likely N-dealkylation sites (tertiary alicyclic amines) is 1. The van der Waals surface area contributed by atoms with Crippen LogP contribution in [-0.4, -0.2) is 52.6 Å². The van der Waals surface area contributed by atoms with E-state index in [1.165, 1.54) is 11.1 Å². The Balaban J connectivity index is 1.13. The van der Waals surface area contributed by atoms with Gasteiger partial charge in [0.2, 0.25) is 5.91 Å². The molecule has 3 aromatic rings. The Morgan fingerprint density at radius 1 is 1.10 bits per heavy atom. The highest BCUT2D eigenvalue weighted by Gasteiger charge is 2.38. The first kappa shape index (κ1) is 25.8. The third-order valence-corrected chi connectivity index (χ3v) is 8.12. The van der Waals surface area contributed by atoms with Crippen LogP contribution >= 0.6 is 11.6 Å². The summed E-state index contributed by atoms with van der Waals surface area (Å²) < 4.78 is 11.9. The number of pyridine rings is 2. The van der Waals surface area contributed by atoms with Gasteiger partial charge in [0.15, 0.2) is 0 Å². The first-order valence-electron chi connectivity index (χ1n) is 13.4. The molecular weight excluding hydrogens is 516 g/mol. The fourth-order valence-corrected chi connectivity index (χ4v) is 5.76. The summed E-state index contributed by atoms with van der Waals surface area (Å²) in [7, 11) is 0. The van der Waals surface area contributed by atoms with Crippen molar-refractivity contribution in [3.8, 4) is 5.75 Å². The zero-order valence-electron chi connectivity index (χ0n) is 21.7. The molecule has 2 saturated heterocycles. The molecule has 1 spiro atoms. The van der Waals surface area contributed by atoms with Crippen LogP contribution in [0.3, 0.4) is 0 Å². The first-order valence-corrected chi connectivity index (χ1v) is 13.7. The van der Waals surface area contributed by atoms with E-state index in [-0.39, 0.29) is 30.3 Å². The van der Waals surface area contributed by atoms with Crippen molar-refractivity contribution in [2.24, 2.45) is 0 Å². The summed E-state index contributed by atoms with van der Waals surface area (Å²) in [4.78, 5) is 33.9. The molecule has 0 bridgehead atoms. The van der Waals surface area contributed by atoms with Crippen LogP contribution in [0, 0.1) is 0 Å². The molecular formula is C30H31ClN4O4. The van der Waals surface area contributed by atoms with Gasteiger partial charge >= 0.3 is 0 Å². The average Bonchev–Trinajstić information content (AvgIpc) is 2.95. The number of H-pyrrole nitrogens is 1. The standard InChI is InChI=1S/C30H31ClN4O4/c31-24-5-6-25(33-15-24)17-38-26-7-10-32-29(37)28(26)23-4-3-21-13-20(1-2-22(21)14-23)16-35-11-8-30(9-12-35)19-34-27(36)18-39-30/h1-2,5-7,10,13-15H,3-4,8-9,11-12,16-19H2,(H,32,37)(H,34,36). The van der Waals surface area contributed by atoms with E-state index in [9.17, 15) is 9.59 Å². The number of benzene rings is 1. The van der Waals surface area contributed by atoms with Crippen molar-refractivity contribution in [1.82, 2.24) is 20.2 Å². The number of hydrogen-bond acceptors (Lipinski definition) is 6. The molecule has 0 radical (unpaired) electrons. The van der Waals surface area contributed by atoms with E-state index >= 15 is 0 Å². The number of nitrogens with one attached hydrogen (secondary N) is 2. The number of ether oxygens (including phenoxy) is 2. The number of aryl methyl sites for hydroxylation is 1. The van der Waals surface area contributed by atoms with E-state index in [0.29, 0.717) is 22.9 Å². The SMILES string of the molecule is O=C1COC2(CCN(Cc3ccc4c(c3)CCC(c3c(OCc5ccc(Cl)cn5)cc[nH]c3=O)=C4)CC2)CN1. The van der Waals surface area contributed by atoms with Crippen molar-refractivity contribution in [3.05, 3.63) is 92.1 Å². The number of aromatic nitrogens is 2. The lowest BCUT2D eigenvalue weighted by Gasteiger charge is -2.43. The van der Waals surface area contributed by atoms with Gasteiger partial charge in [0.25, 0.3) is 5.56 Å². The summed E-state index contributed by atoms with van der Waals surface area (Å²) >= 11 is 5.93. The van der Waals surface area contributed by atoms with Gasteiger partial charge in [0.05, 0.1) is 21.9 Å². The number of morpholine rings is 1. The minimum Gasteiger partial charge on any atom is -0.486 e. The molecule has 2 aliphatic heterocycles. The molecule has 1 aliphatic carbocycles. The zero-order chi connectivity index (χ0) is 26.8. The van der Waals surface area contributed by atoms with Gasteiger partial charge in [0, 0.05) is 38.6 Å². The van der Waals surface area contributed by atoms with Crippen LogP contribution in [0.5, 0.6) is 5.75 Å². The van der Waals surface area contributed by atoms with Gasteiger partial charge in [-0.1, -0.05) is 35.9 Å². The second-order valence-electron chi connectivity index (χ2n) is 10.5. The molecule has 1 amide bonds. The number of amides is 1. The molecule has 0 unspecified atom stereocenters. The van der Waals surface area contributed by atoms with E-state index in [4.69, 9.17) is 21.1 Å². The summed E-state index contributed by atoms with van der Waals surface area (Å²) in [6.45, 7) is 3.81. The van der Waals surface area contributed by atoms with Crippen LogP contribution in [0.25, 0.3) is 11.6 Å². The Morgan fingerprint density at radius 3 is 2.74 bits per heavy atom. The smallest absolute Gasteiger partial charge is 0.259 e. The number of carbonyl (C=O) groups excluding carboxylic acids is 1. The maximum Gasteiger partial charge on any atom is 0.259 e. The molecule has 3 aliphatic rings. The molecule has 2 fully saturated rings. The zero-order valence-corrected chi connectivity index (χ0v) is 22.4. The molecule has 202 valence electrons. The Labute approximate surface area is 232 Å². The monoisotopic (exact) mass is 546 g/mol. The third kappa shape index (κ3) is 5.78. The second-order valence-corrected chi connectivity index (χ2v) is 11.0. The van der Waals surface area contributed by atoms with Crippen LogP contribution in [-0.2, 0) is 29.1 Å². The maximum absolute atomic E-state index is 12.9. The minimum absolute atomic E-state index is 0.0230. The molecule has 6 rings (SSSR count). The number of carbonyl (C=O) groups is 1. The van der Waals surface area contributed by atoms with Crippen molar-refractivity contribution in [2.45, 2.75) is 44.4 Å². The molecule has 0 saturated carbocycles. The van der Waals surface area contributed by atoms with Crippen LogP contribution in [0.1, 0.15) is 47.2 Å². The van der Waals surface area contributed by atoms with Gasteiger partial charge < -0.3 is 19.8 Å². The number of halogens is 1. The molecule has 8 nitrogen and oxygen atoms in total. The fourth-order valence-electron chi connectivity index (χ4n) is 5.65. The topological polar surface area (TPSA) is 96.5 Å². The number of rotatable bonds is 6. The van der Waals surface area contributed by atoms with E-state index in [1.54, 1.807) is 24.5 Å². The number of fused-ring (bicyclic) bond motifs is 1. The summed E-state index contributed by atoms with van der Waals surface area (Å²) in [6, 6.07) is 12.0. The molecule has 4 heterocycles. The van der Waals surface area contributed by atoms with Crippen molar-refractivity contribution in [3.63, 3.8) is 0 Å². The second kappa shape index (κ2) is 11.0. The van der Waals surface area contributed by atoms with Crippen LogP contribution in [0.2, 0.25) is 5.02 Å². The predicted octanol–water partition coefficient (Wildman–Crippen LogP) is 3.97. The van der Waals surface area contributed by atoms with E-state index in [0.717, 1.165) is 62.1 Å². The average molecular weight is 547 g/mol. The van der Waals surface area contributed by atoms with E-state index < -0.39 is 0 Å². The molecule has 2 N–H and O–H groups in total. The lowest BCUT2D eigenvalue weighted by molar-refractivity contribution is -0.150. The van der Waals surface area contributed by atoms with Gasteiger partial charge in [-0.3, -0.25) is 19.5 Å².